The maximum Gasteiger partial charge on any atom is 0.321 e. The molecule has 2 heterocycles. The Bertz CT molecular complexity index is 1240. The van der Waals surface area contributed by atoms with Gasteiger partial charge in [-0.05, 0) is 50.3 Å². The molecule has 11 nitrogen and oxygen atoms in total. The molecule has 0 spiro atoms. The Balaban J connectivity index is 1.42. The highest BCUT2D eigenvalue weighted by atomic mass is 16.5. The van der Waals surface area contributed by atoms with Crippen LogP contribution in [-0.4, -0.2) is 50.9 Å². The van der Waals surface area contributed by atoms with E-state index in [0.717, 1.165) is 18.4 Å². The second-order valence-electron chi connectivity index (χ2n) is 9.22. The molecule has 1 fully saturated rings. The van der Waals surface area contributed by atoms with Crippen LogP contribution in [0.2, 0.25) is 0 Å². The van der Waals surface area contributed by atoms with Crippen LogP contribution in [0.25, 0.3) is 5.70 Å². The minimum Gasteiger partial charge on any atom is -0.489 e. The zero-order valence-electron chi connectivity index (χ0n) is 21.1. The highest BCUT2D eigenvalue weighted by molar-refractivity contribution is 5.70. The fourth-order valence-corrected chi connectivity index (χ4v) is 4.37. The van der Waals surface area contributed by atoms with Gasteiger partial charge in [-0.1, -0.05) is 35.5 Å². The first-order chi connectivity index (χ1) is 17.8. The number of ether oxygens (including phenoxy) is 1. The molecule has 1 unspecified atom stereocenters. The van der Waals surface area contributed by atoms with Crippen molar-refractivity contribution in [3.05, 3.63) is 70.9 Å². The van der Waals surface area contributed by atoms with Gasteiger partial charge >= 0.3 is 12.0 Å². The number of anilines is 1. The Labute approximate surface area is 215 Å². The SMILES string of the molecule is Cc1nc(/C(N)=C(\CNc2nc(Cc3ccccc3)no2)N(C)N)ccc1OC1CCC[C@H](C(=O)O)C1. The molecule has 1 saturated carbocycles. The van der Waals surface area contributed by atoms with Gasteiger partial charge in [-0.25, -0.2) is 10.8 Å². The third-order valence-electron chi connectivity index (χ3n) is 6.40. The highest BCUT2D eigenvalue weighted by Crippen LogP contribution is 2.29. The number of nitrogens with one attached hydrogen (secondary N) is 1. The van der Waals surface area contributed by atoms with Gasteiger partial charge in [0, 0.05) is 13.5 Å². The van der Waals surface area contributed by atoms with Crippen LogP contribution in [0.15, 0.2) is 52.7 Å². The van der Waals surface area contributed by atoms with Gasteiger partial charge in [0.25, 0.3) is 0 Å². The van der Waals surface area contributed by atoms with E-state index in [1.807, 2.05) is 43.3 Å². The van der Waals surface area contributed by atoms with Gasteiger partial charge < -0.3 is 30.4 Å². The number of pyridine rings is 1. The molecule has 0 saturated heterocycles. The molecule has 4 rings (SSSR count). The van der Waals surface area contributed by atoms with E-state index in [2.05, 4.69) is 20.4 Å². The fourth-order valence-electron chi connectivity index (χ4n) is 4.37. The van der Waals surface area contributed by atoms with Crippen molar-refractivity contribution in [2.24, 2.45) is 17.5 Å². The van der Waals surface area contributed by atoms with E-state index in [4.69, 9.17) is 20.8 Å². The molecule has 11 heteroatoms. The van der Waals surface area contributed by atoms with E-state index >= 15 is 0 Å². The van der Waals surface area contributed by atoms with E-state index in [1.165, 1.54) is 5.01 Å². The Morgan fingerprint density at radius 1 is 1.22 bits per heavy atom. The number of aryl methyl sites for hydroxylation is 1. The highest BCUT2D eigenvalue weighted by Gasteiger charge is 2.28. The first-order valence-corrected chi connectivity index (χ1v) is 12.2. The van der Waals surface area contributed by atoms with Crippen LogP contribution in [0.3, 0.4) is 0 Å². The van der Waals surface area contributed by atoms with E-state index in [9.17, 15) is 9.90 Å². The molecule has 1 aliphatic rings. The minimum atomic E-state index is -0.767. The van der Waals surface area contributed by atoms with Crippen LogP contribution < -0.4 is 21.6 Å². The number of rotatable bonds is 10. The standard InChI is InChI=1S/C26H33N7O4/c1-16-22(36-19-10-6-9-18(14-19)25(34)35)12-11-20(30-16)24(27)21(33(2)28)15-29-26-31-23(32-37-26)13-17-7-4-3-5-8-17/h3-5,7-8,11-12,18-19H,6,9-10,13-15,27-28H2,1-2H3,(H,34,35)(H,29,31,32)/b24-21-/t18-,19?/m0/s1. The molecule has 0 radical (unpaired) electrons. The Morgan fingerprint density at radius 3 is 2.70 bits per heavy atom. The lowest BCUT2D eigenvalue weighted by Gasteiger charge is -2.27. The Kier molecular flexibility index (Phi) is 8.24. The first kappa shape index (κ1) is 26.0. The summed E-state index contributed by atoms with van der Waals surface area (Å²) in [4.78, 5) is 20.4. The summed E-state index contributed by atoms with van der Waals surface area (Å²) in [6.45, 7) is 2.07. The van der Waals surface area contributed by atoms with Crippen molar-refractivity contribution in [3.63, 3.8) is 0 Å². The number of carboxylic acids is 1. The molecule has 0 aliphatic heterocycles. The number of hydrazine groups is 1. The Hall–Kier alpha value is -4.12. The number of likely N-dealkylation sites (N-methyl/N-ethyl adjacent to an activating group) is 1. The smallest absolute Gasteiger partial charge is 0.321 e. The molecular formula is C26H33N7O4. The molecule has 0 amide bonds. The zero-order valence-corrected chi connectivity index (χ0v) is 21.1. The third kappa shape index (κ3) is 6.76. The van der Waals surface area contributed by atoms with Crippen molar-refractivity contribution < 1.29 is 19.2 Å². The van der Waals surface area contributed by atoms with Crippen LogP contribution in [0.4, 0.5) is 6.01 Å². The summed E-state index contributed by atoms with van der Waals surface area (Å²) in [6, 6.07) is 13.7. The second kappa shape index (κ2) is 11.7. The average Bonchev–Trinajstić information content (AvgIpc) is 3.33. The van der Waals surface area contributed by atoms with Gasteiger partial charge in [0.05, 0.1) is 41.3 Å². The van der Waals surface area contributed by atoms with Crippen LogP contribution in [0.1, 0.15) is 48.5 Å². The summed E-state index contributed by atoms with van der Waals surface area (Å²) in [5.74, 6) is 6.11. The summed E-state index contributed by atoms with van der Waals surface area (Å²) < 4.78 is 11.4. The lowest BCUT2D eigenvalue weighted by Crippen LogP contribution is -2.32. The number of nitrogens with two attached hydrogens (primary N) is 2. The largest absolute Gasteiger partial charge is 0.489 e. The number of benzene rings is 1. The van der Waals surface area contributed by atoms with Crippen molar-refractivity contribution in [1.29, 1.82) is 0 Å². The molecule has 1 aromatic carbocycles. The van der Waals surface area contributed by atoms with Crippen LogP contribution in [-0.2, 0) is 11.2 Å². The molecule has 6 N–H and O–H groups in total. The number of carbonyl (C=O) groups is 1. The Morgan fingerprint density at radius 2 is 2.00 bits per heavy atom. The maximum absolute atomic E-state index is 11.4. The molecule has 2 aromatic heterocycles. The predicted octanol–water partition coefficient (Wildman–Crippen LogP) is 2.93. The molecule has 0 bridgehead atoms. The van der Waals surface area contributed by atoms with E-state index in [-0.39, 0.29) is 24.6 Å². The van der Waals surface area contributed by atoms with Crippen molar-refractivity contribution in [1.82, 2.24) is 20.1 Å². The number of aliphatic carboxylic acids is 1. The van der Waals surface area contributed by atoms with Crippen LogP contribution in [0.5, 0.6) is 5.75 Å². The van der Waals surface area contributed by atoms with Crippen molar-refractivity contribution in [2.45, 2.75) is 45.1 Å². The van der Waals surface area contributed by atoms with Crippen LogP contribution >= 0.6 is 0 Å². The summed E-state index contributed by atoms with van der Waals surface area (Å²) in [5, 5.41) is 17.8. The minimum absolute atomic E-state index is 0.148. The van der Waals surface area contributed by atoms with Crippen molar-refractivity contribution in [2.75, 3.05) is 18.9 Å². The van der Waals surface area contributed by atoms with Crippen LogP contribution in [0, 0.1) is 12.8 Å². The fraction of sp³-hybridized carbons (Fsp3) is 0.385. The lowest BCUT2D eigenvalue weighted by molar-refractivity contribution is -0.143. The monoisotopic (exact) mass is 507 g/mol. The predicted molar refractivity (Wildman–Crippen MR) is 138 cm³/mol. The number of nitrogens with zero attached hydrogens (tertiary/aromatic N) is 4. The van der Waals surface area contributed by atoms with Gasteiger partial charge in [-0.2, -0.15) is 4.98 Å². The normalized spacial score (nSPS) is 18.1. The molecule has 1 aliphatic carbocycles. The van der Waals surface area contributed by atoms with E-state index in [0.29, 0.717) is 53.6 Å². The maximum atomic E-state index is 11.4. The first-order valence-electron chi connectivity index (χ1n) is 12.2. The molecule has 196 valence electrons. The zero-order chi connectivity index (χ0) is 26.4. The summed E-state index contributed by atoms with van der Waals surface area (Å²) in [7, 11) is 1.69. The summed E-state index contributed by atoms with van der Waals surface area (Å²) in [6.07, 6.45) is 3.25. The average molecular weight is 508 g/mol. The number of aromatic nitrogens is 3. The number of hydrogen-bond donors (Lipinski definition) is 4. The van der Waals surface area contributed by atoms with E-state index < -0.39 is 5.97 Å². The lowest BCUT2D eigenvalue weighted by atomic mass is 9.87. The molecule has 3 aromatic rings. The topological polar surface area (TPSA) is 166 Å². The number of carboxylic acid groups (broad SMARTS) is 1. The number of hydrogen-bond acceptors (Lipinski definition) is 10. The van der Waals surface area contributed by atoms with Gasteiger partial charge in [0.2, 0.25) is 0 Å². The van der Waals surface area contributed by atoms with Gasteiger partial charge in [-0.15, -0.1) is 0 Å². The van der Waals surface area contributed by atoms with Crippen molar-refractivity contribution in [3.8, 4) is 5.75 Å². The second-order valence-corrected chi connectivity index (χ2v) is 9.22. The van der Waals surface area contributed by atoms with Crippen molar-refractivity contribution >= 4 is 17.7 Å². The van der Waals surface area contributed by atoms with E-state index in [1.54, 1.807) is 13.1 Å². The van der Waals surface area contributed by atoms with Gasteiger partial charge in [0.15, 0.2) is 5.82 Å². The molecule has 2 atom stereocenters. The third-order valence-corrected chi connectivity index (χ3v) is 6.40. The van der Waals surface area contributed by atoms with Gasteiger partial charge in [-0.3, -0.25) is 4.79 Å². The molecule has 37 heavy (non-hydrogen) atoms. The summed E-state index contributed by atoms with van der Waals surface area (Å²) in [5.41, 5.74) is 9.71. The van der Waals surface area contributed by atoms with Gasteiger partial charge in [0.1, 0.15) is 5.75 Å². The molecular weight excluding hydrogens is 474 g/mol. The quantitative estimate of drug-likeness (QED) is 0.235. The summed E-state index contributed by atoms with van der Waals surface area (Å²) >= 11 is 0.